The van der Waals surface area contributed by atoms with Crippen LogP contribution in [0.4, 0.5) is 0 Å². The van der Waals surface area contributed by atoms with Crippen molar-refractivity contribution >= 4 is 23.9 Å². The molecule has 1 saturated heterocycles. The van der Waals surface area contributed by atoms with E-state index in [-0.39, 0.29) is 24.4 Å². The van der Waals surface area contributed by atoms with Gasteiger partial charge >= 0.3 is 23.9 Å². The van der Waals surface area contributed by atoms with E-state index in [0.717, 1.165) is 43.4 Å². The molecule has 12 nitrogen and oxygen atoms in total. The van der Waals surface area contributed by atoms with Gasteiger partial charge in [-0.1, -0.05) is 28.9 Å². The van der Waals surface area contributed by atoms with E-state index < -0.39 is 48.6 Å². The Morgan fingerprint density at radius 2 is 1.52 bits per heavy atom. The highest BCUT2D eigenvalue weighted by Gasteiger charge is 2.51. The second kappa shape index (κ2) is 19.0. The fourth-order valence-corrected chi connectivity index (χ4v) is 5.15. The number of phenolic OH excluding ortho intramolecular Hbond substituents is 1. The van der Waals surface area contributed by atoms with Gasteiger partial charge in [0.25, 0.3) is 0 Å². The van der Waals surface area contributed by atoms with Crippen molar-refractivity contribution in [3.63, 3.8) is 0 Å². The zero-order valence-corrected chi connectivity index (χ0v) is 29.4. The number of carbonyl (C=O) groups excluding carboxylic acids is 4. The fourth-order valence-electron chi connectivity index (χ4n) is 5.15. The van der Waals surface area contributed by atoms with Crippen molar-refractivity contribution < 1.29 is 57.8 Å². The molecule has 1 aromatic rings. The number of ether oxygens (including phenoxy) is 6. The molecular formula is C36H50O12. The Balaban J connectivity index is 2.25. The van der Waals surface area contributed by atoms with Gasteiger partial charge in [-0.25, -0.2) is 0 Å². The summed E-state index contributed by atoms with van der Waals surface area (Å²) < 4.78 is 33.3. The minimum absolute atomic E-state index is 0.0474. The Labute approximate surface area is 282 Å². The summed E-state index contributed by atoms with van der Waals surface area (Å²) in [6.07, 6.45) is 1.42. The first kappa shape index (κ1) is 40.0. The summed E-state index contributed by atoms with van der Waals surface area (Å²) >= 11 is 0. The Kier molecular flexibility index (Phi) is 15.8. The zero-order chi connectivity index (χ0) is 36.1. The van der Waals surface area contributed by atoms with Crippen LogP contribution in [0.5, 0.6) is 11.5 Å². The molecule has 0 spiro atoms. The van der Waals surface area contributed by atoms with Crippen LogP contribution in [0.2, 0.25) is 0 Å². The van der Waals surface area contributed by atoms with Gasteiger partial charge < -0.3 is 38.6 Å². The highest BCUT2D eigenvalue weighted by atomic mass is 16.7. The lowest BCUT2D eigenvalue weighted by Gasteiger charge is -2.42. The molecule has 0 aromatic heterocycles. The first-order valence-corrected chi connectivity index (χ1v) is 15.9. The molecular weight excluding hydrogens is 624 g/mol. The lowest BCUT2D eigenvalue weighted by atomic mass is 9.98. The van der Waals surface area contributed by atoms with E-state index in [2.05, 4.69) is 6.08 Å². The van der Waals surface area contributed by atoms with Crippen LogP contribution in [-0.4, -0.2) is 77.5 Å². The van der Waals surface area contributed by atoms with Gasteiger partial charge in [0.15, 0.2) is 18.3 Å². The van der Waals surface area contributed by atoms with Gasteiger partial charge in [0.1, 0.15) is 30.3 Å². The normalized spacial score (nSPS) is 21.8. The van der Waals surface area contributed by atoms with Crippen molar-refractivity contribution in [2.75, 3.05) is 6.61 Å². The van der Waals surface area contributed by atoms with E-state index in [4.69, 9.17) is 28.4 Å². The minimum Gasteiger partial charge on any atom is -0.508 e. The van der Waals surface area contributed by atoms with E-state index in [1.54, 1.807) is 19.1 Å². The second-order valence-electron chi connectivity index (χ2n) is 12.3. The molecule has 2 N–H and O–H groups in total. The maximum atomic E-state index is 11.9. The number of phenols is 1. The van der Waals surface area contributed by atoms with Crippen LogP contribution >= 0.6 is 0 Å². The highest BCUT2D eigenvalue weighted by molar-refractivity contribution is 5.68. The van der Waals surface area contributed by atoms with Crippen LogP contribution < -0.4 is 4.74 Å². The lowest BCUT2D eigenvalue weighted by Crippen LogP contribution is -2.62. The summed E-state index contributed by atoms with van der Waals surface area (Å²) in [4.78, 5) is 46.9. The summed E-state index contributed by atoms with van der Waals surface area (Å²) in [7, 11) is 0. The molecule has 0 amide bonds. The number of allylic oxidation sites excluding steroid dienone is 4. The summed E-state index contributed by atoms with van der Waals surface area (Å²) in [5.41, 5.74) is 4.35. The predicted octanol–water partition coefficient (Wildman–Crippen LogP) is 5.10. The molecule has 6 atom stereocenters. The van der Waals surface area contributed by atoms with Gasteiger partial charge in [-0.15, -0.1) is 0 Å². The molecule has 1 aliphatic rings. The van der Waals surface area contributed by atoms with Crippen LogP contribution in [-0.2, 0) is 49.3 Å². The third-order valence-electron chi connectivity index (χ3n) is 7.35. The lowest BCUT2D eigenvalue weighted by molar-refractivity contribution is -0.285. The van der Waals surface area contributed by atoms with E-state index in [1.165, 1.54) is 13.8 Å². The molecule has 0 bridgehead atoms. The number of aryl methyl sites for hydroxylation is 1. The summed E-state index contributed by atoms with van der Waals surface area (Å²) in [6, 6.07) is 3.16. The van der Waals surface area contributed by atoms with Crippen LogP contribution in [0.1, 0.15) is 85.8 Å². The molecule has 5 unspecified atom stereocenters. The largest absolute Gasteiger partial charge is 0.508 e. The Hall–Kier alpha value is -4.16. The van der Waals surface area contributed by atoms with Crippen molar-refractivity contribution in [3.05, 3.63) is 58.2 Å². The first-order valence-electron chi connectivity index (χ1n) is 15.9. The van der Waals surface area contributed by atoms with Gasteiger partial charge in [-0.2, -0.15) is 0 Å². The van der Waals surface area contributed by atoms with Crippen molar-refractivity contribution in [3.8, 4) is 11.5 Å². The maximum Gasteiger partial charge on any atom is 0.303 e. The van der Waals surface area contributed by atoms with Crippen LogP contribution in [0.3, 0.4) is 0 Å². The molecule has 12 heteroatoms. The minimum atomic E-state index is -1.60. The molecule has 1 fully saturated rings. The number of aromatic hydroxyl groups is 1. The number of aliphatic hydroxyl groups excluding tert-OH is 1. The Bertz CT molecular complexity index is 1390. The molecule has 1 aromatic carbocycles. The molecule has 1 aliphatic heterocycles. The van der Waals surface area contributed by atoms with E-state index in [0.29, 0.717) is 29.7 Å². The van der Waals surface area contributed by atoms with E-state index >= 15 is 0 Å². The standard InChI is InChI=1S/C36H50O12/c1-20(2)15-29(44-25(7)38)16-22(4)12-10-11-21(3)13-14-28-18-30(41)23(5)17-31(28)47-36-33(42)35(46-27(9)40)34(45-26(8)39)32(48-36)19-43-24(6)37/h12-13,15,17-18,29,32-36,41-42H,10-11,14,16,19H2,1-9H3/t29-,32?,33?,34?,35?,36?/m1/s1. The Morgan fingerprint density at radius 1 is 0.875 bits per heavy atom. The monoisotopic (exact) mass is 674 g/mol. The third kappa shape index (κ3) is 13.5. The van der Waals surface area contributed by atoms with Gasteiger partial charge in [-0.3, -0.25) is 19.2 Å². The number of carbonyl (C=O) groups is 4. The second-order valence-corrected chi connectivity index (χ2v) is 12.3. The van der Waals surface area contributed by atoms with Gasteiger partial charge in [-0.05, 0) is 77.7 Å². The average molecular weight is 675 g/mol. The number of benzene rings is 1. The summed E-state index contributed by atoms with van der Waals surface area (Å²) in [5, 5.41) is 21.7. The predicted molar refractivity (Wildman–Crippen MR) is 176 cm³/mol. The van der Waals surface area contributed by atoms with Crippen LogP contribution in [0.25, 0.3) is 0 Å². The van der Waals surface area contributed by atoms with Gasteiger partial charge in [0.05, 0.1) is 0 Å². The molecule has 2 rings (SSSR count). The number of hydrogen-bond donors (Lipinski definition) is 2. The van der Waals surface area contributed by atoms with Crippen LogP contribution in [0, 0.1) is 6.92 Å². The van der Waals surface area contributed by atoms with Gasteiger partial charge in [0.2, 0.25) is 6.29 Å². The van der Waals surface area contributed by atoms with E-state index in [9.17, 15) is 29.4 Å². The van der Waals surface area contributed by atoms with Crippen molar-refractivity contribution in [1.82, 2.24) is 0 Å². The number of rotatable bonds is 15. The molecule has 48 heavy (non-hydrogen) atoms. The zero-order valence-electron chi connectivity index (χ0n) is 29.4. The van der Waals surface area contributed by atoms with Crippen molar-refractivity contribution in [1.29, 1.82) is 0 Å². The molecule has 0 aliphatic carbocycles. The summed E-state index contributed by atoms with van der Waals surface area (Å²) in [5.74, 6) is -2.07. The van der Waals surface area contributed by atoms with Crippen LogP contribution in [0.15, 0.2) is 47.1 Å². The molecule has 1 heterocycles. The smallest absolute Gasteiger partial charge is 0.303 e. The topological polar surface area (TPSA) is 164 Å². The number of aliphatic hydroxyl groups is 1. The quantitative estimate of drug-likeness (QED) is 0.144. The summed E-state index contributed by atoms with van der Waals surface area (Å²) in [6.45, 7) is 14.1. The molecule has 0 radical (unpaired) electrons. The Morgan fingerprint density at radius 3 is 2.10 bits per heavy atom. The average Bonchev–Trinajstić information content (AvgIpc) is 2.95. The van der Waals surface area contributed by atoms with Crippen molar-refractivity contribution in [2.24, 2.45) is 0 Å². The van der Waals surface area contributed by atoms with Crippen molar-refractivity contribution in [2.45, 2.75) is 125 Å². The third-order valence-corrected chi connectivity index (χ3v) is 7.35. The highest BCUT2D eigenvalue weighted by Crippen LogP contribution is 2.33. The maximum absolute atomic E-state index is 11.9. The van der Waals surface area contributed by atoms with E-state index in [1.807, 2.05) is 39.8 Å². The SMILES string of the molecule is CC(=O)OCC1OC(Oc2cc(C)c(O)cc2CC=C(C)CCC=C(C)C[C@@H](C=C(C)C)OC(C)=O)C(O)C(OC(C)=O)C1OC(C)=O. The number of hydrogen-bond acceptors (Lipinski definition) is 12. The fraction of sp³-hybridized carbons (Fsp3) is 0.556. The van der Waals surface area contributed by atoms with Gasteiger partial charge in [0, 0.05) is 39.7 Å². The molecule has 266 valence electrons. The molecule has 0 saturated carbocycles. The number of esters is 4. The first-order chi connectivity index (χ1) is 22.5.